The van der Waals surface area contributed by atoms with Gasteiger partial charge >= 0.3 is 0 Å². The van der Waals surface area contributed by atoms with Gasteiger partial charge in [-0.25, -0.2) is 0 Å². The lowest BCUT2D eigenvalue weighted by Gasteiger charge is -2.26. The molecule has 0 spiro atoms. The standard InChI is InChI=1S/C20H20N4O2S/c25-18(23-11-13-26-14-12-23)15-27-20-22-21-19(16-7-3-1-4-8-16)24(20)17-9-5-2-6-10-17/h1-10H,11-15H2. The van der Waals surface area contributed by atoms with Crippen LogP contribution in [0.15, 0.2) is 65.8 Å². The van der Waals surface area contributed by atoms with Gasteiger partial charge < -0.3 is 9.64 Å². The average molecular weight is 380 g/mol. The molecule has 0 saturated carbocycles. The zero-order valence-electron chi connectivity index (χ0n) is 14.8. The van der Waals surface area contributed by atoms with Crippen LogP contribution in [0.1, 0.15) is 0 Å². The predicted octanol–water partition coefficient (Wildman–Crippen LogP) is 2.89. The van der Waals surface area contributed by atoms with Gasteiger partial charge in [0, 0.05) is 24.3 Å². The maximum absolute atomic E-state index is 12.5. The summed E-state index contributed by atoms with van der Waals surface area (Å²) in [5.74, 6) is 1.20. The van der Waals surface area contributed by atoms with Crippen molar-refractivity contribution in [2.45, 2.75) is 5.16 Å². The van der Waals surface area contributed by atoms with Gasteiger partial charge in [0.2, 0.25) is 5.91 Å². The molecule has 2 heterocycles. The molecule has 0 unspecified atom stereocenters. The summed E-state index contributed by atoms with van der Waals surface area (Å²) in [4.78, 5) is 14.3. The Hall–Kier alpha value is -2.64. The van der Waals surface area contributed by atoms with Crippen molar-refractivity contribution in [3.8, 4) is 17.1 Å². The van der Waals surface area contributed by atoms with E-state index in [-0.39, 0.29) is 5.91 Å². The van der Waals surface area contributed by atoms with Crippen molar-refractivity contribution in [1.29, 1.82) is 0 Å². The third-order valence-corrected chi connectivity index (χ3v) is 5.28. The minimum Gasteiger partial charge on any atom is -0.378 e. The second-order valence-corrected chi connectivity index (χ2v) is 7.07. The lowest BCUT2D eigenvalue weighted by atomic mass is 10.2. The van der Waals surface area contributed by atoms with Crippen LogP contribution in [0.5, 0.6) is 0 Å². The summed E-state index contributed by atoms with van der Waals surface area (Å²) in [5.41, 5.74) is 1.96. The predicted molar refractivity (Wildman–Crippen MR) is 105 cm³/mol. The molecule has 3 aromatic rings. The van der Waals surface area contributed by atoms with E-state index >= 15 is 0 Å². The van der Waals surface area contributed by atoms with Crippen LogP contribution in [0.25, 0.3) is 17.1 Å². The number of hydrogen-bond acceptors (Lipinski definition) is 5. The Bertz CT molecular complexity index is 893. The zero-order valence-corrected chi connectivity index (χ0v) is 15.6. The highest BCUT2D eigenvalue weighted by atomic mass is 32.2. The smallest absolute Gasteiger partial charge is 0.233 e. The highest BCUT2D eigenvalue weighted by Gasteiger charge is 2.20. The largest absolute Gasteiger partial charge is 0.378 e. The Morgan fingerprint density at radius 3 is 2.33 bits per heavy atom. The summed E-state index contributed by atoms with van der Waals surface area (Å²) in [6.45, 7) is 2.52. The van der Waals surface area contributed by atoms with Crippen molar-refractivity contribution >= 4 is 17.7 Å². The molecule has 7 heteroatoms. The van der Waals surface area contributed by atoms with Crippen molar-refractivity contribution < 1.29 is 9.53 Å². The van der Waals surface area contributed by atoms with E-state index in [1.165, 1.54) is 11.8 Å². The SMILES string of the molecule is O=C(CSc1nnc(-c2ccccc2)n1-c1ccccc1)N1CCOCC1. The molecule has 6 nitrogen and oxygen atoms in total. The van der Waals surface area contributed by atoms with Gasteiger partial charge in [-0.3, -0.25) is 9.36 Å². The topological polar surface area (TPSA) is 60.2 Å². The quantitative estimate of drug-likeness (QED) is 0.637. The van der Waals surface area contributed by atoms with E-state index in [0.717, 1.165) is 17.1 Å². The van der Waals surface area contributed by atoms with Gasteiger partial charge in [-0.15, -0.1) is 10.2 Å². The summed E-state index contributed by atoms with van der Waals surface area (Å²) in [5, 5.41) is 9.48. The molecule has 138 valence electrons. The van der Waals surface area contributed by atoms with Crippen LogP contribution < -0.4 is 0 Å². The maximum Gasteiger partial charge on any atom is 0.233 e. The lowest BCUT2D eigenvalue weighted by Crippen LogP contribution is -2.41. The molecule has 0 atom stereocenters. The van der Waals surface area contributed by atoms with E-state index in [2.05, 4.69) is 10.2 Å². The number of benzene rings is 2. The first-order chi connectivity index (χ1) is 13.3. The molecule has 0 bridgehead atoms. The second-order valence-electron chi connectivity index (χ2n) is 6.13. The van der Waals surface area contributed by atoms with E-state index in [9.17, 15) is 4.79 Å². The summed E-state index contributed by atoms with van der Waals surface area (Å²) in [7, 11) is 0. The molecular weight excluding hydrogens is 360 g/mol. The van der Waals surface area contributed by atoms with E-state index < -0.39 is 0 Å². The molecule has 1 fully saturated rings. The number of aromatic nitrogens is 3. The average Bonchev–Trinajstić information content (AvgIpc) is 3.18. The molecule has 2 aromatic carbocycles. The van der Waals surface area contributed by atoms with Crippen molar-refractivity contribution in [2.75, 3.05) is 32.1 Å². The zero-order chi connectivity index (χ0) is 18.5. The molecule has 1 saturated heterocycles. The Morgan fingerprint density at radius 2 is 1.63 bits per heavy atom. The molecule has 1 aromatic heterocycles. The molecule has 0 aliphatic carbocycles. The van der Waals surface area contributed by atoms with Gasteiger partial charge in [-0.2, -0.15) is 0 Å². The fourth-order valence-electron chi connectivity index (χ4n) is 2.98. The Balaban J connectivity index is 1.61. The van der Waals surface area contributed by atoms with E-state index in [0.29, 0.717) is 37.2 Å². The van der Waals surface area contributed by atoms with Gasteiger partial charge in [-0.05, 0) is 12.1 Å². The number of nitrogens with zero attached hydrogens (tertiary/aromatic N) is 4. The molecular formula is C20H20N4O2S. The number of carbonyl (C=O) groups excluding carboxylic acids is 1. The Morgan fingerprint density at radius 1 is 0.963 bits per heavy atom. The van der Waals surface area contributed by atoms with Gasteiger partial charge in [-0.1, -0.05) is 60.3 Å². The van der Waals surface area contributed by atoms with E-state index in [4.69, 9.17) is 4.74 Å². The van der Waals surface area contributed by atoms with Gasteiger partial charge in [0.1, 0.15) is 0 Å². The van der Waals surface area contributed by atoms with Crippen LogP contribution in [-0.2, 0) is 9.53 Å². The van der Waals surface area contributed by atoms with Crippen molar-refractivity contribution in [2.24, 2.45) is 0 Å². The monoisotopic (exact) mass is 380 g/mol. The minimum absolute atomic E-state index is 0.104. The molecule has 0 radical (unpaired) electrons. The minimum atomic E-state index is 0.104. The molecule has 1 amide bonds. The first-order valence-corrected chi connectivity index (χ1v) is 9.86. The van der Waals surface area contributed by atoms with Gasteiger partial charge in [0.15, 0.2) is 11.0 Å². The Kier molecular flexibility index (Phi) is 5.50. The molecule has 0 N–H and O–H groups in total. The summed E-state index contributed by atoms with van der Waals surface area (Å²) in [6, 6.07) is 19.9. The van der Waals surface area contributed by atoms with E-state index in [1.54, 1.807) is 0 Å². The number of amides is 1. The summed E-state index contributed by atoms with van der Waals surface area (Å²) >= 11 is 1.42. The van der Waals surface area contributed by atoms with Crippen LogP contribution in [0, 0.1) is 0 Å². The summed E-state index contributed by atoms with van der Waals surface area (Å²) in [6.07, 6.45) is 0. The fraction of sp³-hybridized carbons (Fsp3) is 0.250. The molecule has 1 aliphatic rings. The second kappa shape index (κ2) is 8.37. The summed E-state index contributed by atoms with van der Waals surface area (Å²) < 4.78 is 7.32. The maximum atomic E-state index is 12.5. The van der Waals surface area contributed by atoms with Crippen molar-refractivity contribution in [3.63, 3.8) is 0 Å². The number of thioether (sulfide) groups is 1. The highest BCUT2D eigenvalue weighted by Crippen LogP contribution is 2.28. The van der Waals surface area contributed by atoms with Gasteiger partial charge in [0.05, 0.1) is 19.0 Å². The molecule has 27 heavy (non-hydrogen) atoms. The number of hydrogen-bond donors (Lipinski definition) is 0. The number of ether oxygens (including phenoxy) is 1. The van der Waals surface area contributed by atoms with Crippen LogP contribution in [0.2, 0.25) is 0 Å². The first-order valence-electron chi connectivity index (χ1n) is 8.87. The highest BCUT2D eigenvalue weighted by molar-refractivity contribution is 7.99. The lowest BCUT2D eigenvalue weighted by molar-refractivity contribution is -0.132. The van der Waals surface area contributed by atoms with E-state index in [1.807, 2.05) is 70.1 Å². The normalized spacial score (nSPS) is 14.3. The third-order valence-electron chi connectivity index (χ3n) is 4.37. The van der Waals surface area contributed by atoms with Crippen LogP contribution in [0.4, 0.5) is 0 Å². The number of para-hydroxylation sites is 1. The number of rotatable bonds is 5. The van der Waals surface area contributed by atoms with Crippen molar-refractivity contribution in [1.82, 2.24) is 19.7 Å². The van der Waals surface area contributed by atoms with Crippen LogP contribution in [-0.4, -0.2) is 57.6 Å². The molecule has 4 rings (SSSR count). The van der Waals surface area contributed by atoms with Crippen molar-refractivity contribution in [3.05, 3.63) is 60.7 Å². The number of carbonyl (C=O) groups is 1. The molecule has 1 aliphatic heterocycles. The van der Waals surface area contributed by atoms with Crippen LogP contribution >= 0.6 is 11.8 Å². The third kappa shape index (κ3) is 4.04. The first kappa shape index (κ1) is 17.8. The fourth-order valence-corrected chi connectivity index (χ4v) is 3.83. The number of morpholine rings is 1. The Labute approximate surface area is 162 Å². The van der Waals surface area contributed by atoms with Crippen LogP contribution in [0.3, 0.4) is 0 Å². The van der Waals surface area contributed by atoms with Gasteiger partial charge in [0.25, 0.3) is 0 Å².